The highest BCUT2D eigenvalue weighted by molar-refractivity contribution is 5.47. The lowest BCUT2D eigenvalue weighted by molar-refractivity contribution is 0.136. The monoisotopic (exact) mass is 200 g/mol. The maximum absolute atomic E-state index is 5.42. The van der Waals surface area contributed by atoms with Crippen LogP contribution in [0.3, 0.4) is 0 Å². The van der Waals surface area contributed by atoms with E-state index in [4.69, 9.17) is 4.74 Å². The zero-order chi connectivity index (χ0) is 10.8. The number of hydrogen-bond donors (Lipinski definition) is 0. The van der Waals surface area contributed by atoms with Gasteiger partial charge in [0.2, 0.25) is 0 Å². The molecule has 0 N–H and O–H groups in total. The Morgan fingerprint density at radius 1 is 1.27 bits per heavy atom. The van der Waals surface area contributed by atoms with Crippen molar-refractivity contribution in [2.24, 2.45) is 5.92 Å². The Balaban J connectivity index is 2.61. The van der Waals surface area contributed by atoms with Gasteiger partial charge >= 0.3 is 0 Å². The molecule has 2 rings (SSSR count). The SMILES string of the molecule is C=CC1C=c2cc(C)ccc2=CC1OC. The molecule has 2 unspecified atom stereocenters. The smallest absolute Gasteiger partial charge is 0.0858 e. The molecular formula is C14H16O. The zero-order valence-corrected chi connectivity index (χ0v) is 9.23. The van der Waals surface area contributed by atoms with Crippen molar-refractivity contribution >= 4 is 12.2 Å². The van der Waals surface area contributed by atoms with Crippen LogP contribution in [-0.4, -0.2) is 13.2 Å². The number of aryl methyl sites for hydroxylation is 1. The summed E-state index contributed by atoms with van der Waals surface area (Å²) in [7, 11) is 1.74. The zero-order valence-electron chi connectivity index (χ0n) is 9.23. The van der Waals surface area contributed by atoms with Gasteiger partial charge in [-0.1, -0.05) is 35.9 Å². The Morgan fingerprint density at radius 2 is 2.07 bits per heavy atom. The van der Waals surface area contributed by atoms with Gasteiger partial charge in [0, 0.05) is 13.0 Å². The first-order chi connectivity index (χ1) is 7.24. The van der Waals surface area contributed by atoms with Crippen molar-refractivity contribution in [2.45, 2.75) is 13.0 Å². The maximum Gasteiger partial charge on any atom is 0.0858 e. The topological polar surface area (TPSA) is 9.23 Å². The van der Waals surface area contributed by atoms with Gasteiger partial charge in [-0.2, -0.15) is 0 Å². The van der Waals surface area contributed by atoms with E-state index >= 15 is 0 Å². The van der Waals surface area contributed by atoms with Crippen LogP contribution in [-0.2, 0) is 4.74 Å². The number of ether oxygens (including phenoxy) is 1. The van der Waals surface area contributed by atoms with Crippen LogP contribution in [0.2, 0.25) is 0 Å². The highest BCUT2D eigenvalue weighted by Crippen LogP contribution is 2.13. The van der Waals surface area contributed by atoms with E-state index in [0.717, 1.165) is 0 Å². The molecule has 0 saturated carbocycles. The van der Waals surface area contributed by atoms with Crippen molar-refractivity contribution in [3.8, 4) is 0 Å². The minimum Gasteiger partial charge on any atom is -0.376 e. The van der Waals surface area contributed by atoms with Gasteiger partial charge in [-0.25, -0.2) is 0 Å². The number of methoxy groups -OCH3 is 1. The molecule has 0 heterocycles. The third-order valence-corrected chi connectivity index (χ3v) is 2.88. The van der Waals surface area contributed by atoms with Gasteiger partial charge in [0.25, 0.3) is 0 Å². The van der Waals surface area contributed by atoms with E-state index < -0.39 is 0 Å². The lowest BCUT2D eigenvalue weighted by Gasteiger charge is -2.20. The van der Waals surface area contributed by atoms with E-state index in [9.17, 15) is 0 Å². The molecule has 1 aliphatic carbocycles. The molecule has 78 valence electrons. The molecule has 0 aliphatic heterocycles. The second-order valence-corrected chi connectivity index (χ2v) is 3.98. The highest BCUT2D eigenvalue weighted by atomic mass is 16.5. The fourth-order valence-electron chi connectivity index (χ4n) is 2.01. The second kappa shape index (κ2) is 4.03. The summed E-state index contributed by atoms with van der Waals surface area (Å²) >= 11 is 0. The highest BCUT2D eigenvalue weighted by Gasteiger charge is 2.15. The molecule has 15 heavy (non-hydrogen) atoms. The van der Waals surface area contributed by atoms with Crippen LogP contribution in [0.4, 0.5) is 0 Å². The van der Waals surface area contributed by atoms with Crippen LogP contribution >= 0.6 is 0 Å². The Labute approximate surface area is 90.4 Å². The minimum absolute atomic E-state index is 0.123. The van der Waals surface area contributed by atoms with E-state index in [0.29, 0.717) is 0 Å². The summed E-state index contributed by atoms with van der Waals surface area (Å²) in [4.78, 5) is 0. The Bertz CT molecular complexity index is 485. The van der Waals surface area contributed by atoms with E-state index in [2.05, 4.69) is 43.9 Å². The van der Waals surface area contributed by atoms with Crippen LogP contribution in [0.15, 0.2) is 30.9 Å². The van der Waals surface area contributed by atoms with Gasteiger partial charge in [-0.3, -0.25) is 0 Å². The summed E-state index contributed by atoms with van der Waals surface area (Å²) in [5.74, 6) is 0.282. The summed E-state index contributed by atoms with van der Waals surface area (Å²) < 4.78 is 5.42. The number of hydrogen-bond acceptors (Lipinski definition) is 1. The lowest BCUT2D eigenvalue weighted by atomic mass is 9.94. The largest absolute Gasteiger partial charge is 0.376 e. The van der Waals surface area contributed by atoms with Gasteiger partial charge in [-0.05, 0) is 23.4 Å². The average molecular weight is 200 g/mol. The van der Waals surface area contributed by atoms with Crippen molar-refractivity contribution in [1.82, 2.24) is 0 Å². The predicted octanol–water partition coefficient (Wildman–Crippen LogP) is 1.39. The summed E-state index contributed by atoms with van der Waals surface area (Å²) in [5, 5.41) is 2.54. The van der Waals surface area contributed by atoms with Crippen molar-refractivity contribution in [3.63, 3.8) is 0 Å². The van der Waals surface area contributed by atoms with E-state index in [-0.39, 0.29) is 12.0 Å². The van der Waals surface area contributed by atoms with Crippen LogP contribution in [0.1, 0.15) is 5.56 Å². The summed E-state index contributed by atoms with van der Waals surface area (Å²) in [6.45, 7) is 5.96. The van der Waals surface area contributed by atoms with Crippen molar-refractivity contribution < 1.29 is 4.74 Å². The van der Waals surface area contributed by atoms with Crippen molar-refractivity contribution in [2.75, 3.05) is 7.11 Å². The number of fused-ring (bicyclic) bond motifs is 1. The second-order valence-electron chi connectivity index (χ2n) is 3.98. The first-order valence-electron chi connectivity index (χ1n) is 5.20. The average Bonchev–Trinajstić information content (AvgIpc) is 2.27. The Morgan fingerprint density at radius 3 is 2.73 bits per heavy atom. The molecule has 1 aliphatic rings. The van der Waals surface area contributed by atoms with Gasteiger partial charge in [-0.15, -0.1) is 6.58 Å². The maximum atomic E-state index is 5.42. The van der Waals surface area contributed by atoms with E-state index in [1.54, 1.807) is 7.11 Å². The molecule has 0 aromatic heterocycles. The third-order valence-electron chi connectivity index (χ3n) is 2.88. The molecule has 0 radical (unpaired) electrons. The molecule has 1 aromatic carbocycles. The standard InChI is InChI=1S/C14H16O/c1-4-11-8-13-7-10(2)5-6-12(13)9-14(11)15-3/h4-9,11,14H,1H2,2-3H3. The molecule has 2 atom stereocenters. The number of rotatable bonds is 2. The van der Waals surface area contributed by atoms with Gasteiger partial charge < -0.3 is 4.74 Å². The van der Waals surface area contributed by atoms with Gasteiger partial charge in [0.15, 0.2) is 0 Å². The lowest BCUT2D eigenvalue weighted by Crippen LogP contribution is -2.35. The van der Waals surface area contributed by atoms with Crippen molar-refractivity contribution in [3.05, 3.63) is 46.9 Å². The number of benzene rings is 1. The quantitative estimate of drug-likeness (QED) is 0.655. The summed E-state index contributed by atoms with van der Waals surface area (Å²) in [5.41, 5.74) is 1.29. The van der Waals surface area contributed by atoms with Crippen LogP contribution in [0, 0.1) is 12.8 Å². The van der Waals surface area contributed by atoms with Crippen LogP contribution in [0.5, 0.6) is 0 Å². The molecule has 0 spiro atoms. The predicted molar refractivity (Wildman–Crippen MR) is 63.8 cm³/mol. The van der Waals surface area contributed by atoms with Crippen LogP contribution < -0.4 is 10.4 Å². The summed E-state index contributed by atoms with van der Waals surface area (Å²) in [6, 6.07) is 6.48. The normalized spacial score (nSPS) is 23.6. The van der Waals surface area contributed by atoms with Gasteiger partial charge in [0.1, 0.15) is 0 Å². The molecule has 1 heteroatoms. The van der Waals surface area contributed by atoms with E-state index in [1.807, 2.05) is 6.08 Å². The Hall–Kier alpha value is -1.34. The van der Waals surface area contributed by atoms with Gasteiger partial charge in [0.05, 0.1) is 6.10 Å². The molecule has 1 nitrogen and oxygen atoms in total. The third kappa shape index (κ3) is 1.88. The van der Waals surface area contributed by atoms with E-state index in [1.165, 1.54) is 16.0 Å². The first-order valence-corrected chi connectivity index (χ1v) is 5.20. The fourth-order valence-corrected chi connectivity index (χ4v) is 2.01. The molecule has 0 saturated heterocycles. The van der Waals surface area contributed by atoms with Crippen molar-refractivity contribution in [1.29, 1.82) is 0 Å². The first kappa shape index (κ1) is 10.2. The molecular weight excluding hydrogens is 184 g/mol. The molecule has 0 bridgehead atoms. The van der Waals surface area contributed by atoms with Crippen LogP contribution in [0.25, 0.3) is 12.2 Å². The summed E-state index contributed by atoms with van der Waals surface area (Å²) in [6.07, 6.45) is 6.46. The molecule has 1 aromatic rings. The fraction of sp³-hybridized carbons (Fsp3) is 0.286. The molecule has 0 amide bonds. The molecule has 0 fully saturated rings. The minimum atomic E-state index is 0.123. The Kier molecular flexibility index (Phi) is 2.74.